The third kappa shape index (κ3) is 4.53. The zero-order valence-electron chi connectivity index (χ0n) is 15.3. The van der Waals surface area contributed by atoms with Gasteiger partial charge >= 0.3 is 0 Å². The number of carbonyl (C=O) groups is 1. The highest BCUT2D eigenvalue weighted by atomic mass is 79.9. The highest BCUT2D eigenvalue weighted by molar-refractivity contribution is 9.10. The molecule has 0 aliphatic heterocycles. The van der Waals surface area contributed by atoms with Crippen LogP contribution in [0.4, 0.5) is 0 Å². The third-order valence-electron chi connectivity index (χ3n) is 4.37. The van der Waals surface area contributed by atoms with Gasteiger partial charge in [-0.1, -0.05) is 41.4 Å². The van der Waals surface area contributed by atoms with Gasteiger partial charge in [0.05, 0.1) is 5.56 Å². The molecule has 0 bridgehead atoms. The fraction of sp³-hybridized carbons (Fsp3) is 0.450. The highest BCUT2D eigenvalue weighted by Crippen LogP contribution is 2.34. The van der Waals surface area contributed by atoms with E-state index in [1.54, 1.807) is 0 Å². The zero-order valence-corrected chi connectivity index (χ0v) is 16.9. The van der Waals surface area contributed by atoms with Crippen molar-refractivity contribution in [3.63, 3.8) is 0 Å². The van der Waals surface area contributed by atoms with Crippen molar-refractivity contribution in [2.45, 2.75) is 46.6 Å². The van der Waals surface area contributed by atoms with Crippen molar-refractivity contribution >= 4 is 21.8 Å². The number of amides is 1. The summed E-state index contributed by atoms with van der Waals surface area (Å²) < 4.78 is 8.73. The topological polar surface area (TPSA) is 57.2 Å². The molecule has 0 aliphatic carbocycles. The Hall–Kier alpha value is -1.59. The normalized spacial score (nSPS) is 11.0. The molecule has 0 saturated carbocycles. The van der Waals surface area contributed by atoms with Crippen LogP contribution in [0.5, 0.6) is 0 Å². The monoisotopic (exact) mass is 406 g/mol. The molecular formula is C20H27BrN2O2. The fourth-order valence-corrected chi connectivity index (χ4v) is 3.56. The van der Waals surface area contributed by atoms with Crippen molar-refractivity contribution in [3.05, 3.63) is 45.7 Å². The molecule has 2 rings (SSSR count). The van der Waals surface area contributed by atoms with E-state index in [0.29, 0.717) is 5.56 Å². The SMILES string of the molecule is CCCc1c(-c2ccc(Br)cc2)c(C(N)=O)c(C)n1CCCOCC. The Morgan fingerprint density at radius 1 is 1.24 bits per heavy atom. The molecule has 0 fully saturated rings. The van der Waals surface area contributed by atoms with Crippen LogP contribution in [0.3, 0.4) is 0 Å². The lowest BCUT2D eigenvalue weighted by molar-refractivity contribution is 0.1000. The second kappa shape index (κ2) is 9.20. The third-order valence-corrected chi connectivity index (χ3v) is 4.90. The molecule has 136 valence electrons. The van der Waals surface area contributed by atoms with Gasteiger partial charge in [-0.15, -0.1) is 0 Å². The highest BCUT2D eigenvalue weighted by Gasteiger charge is 2.24. The van der Waals surface area contributed by atoms with Gasteiger partial charge in [-0.2, -0.15) is 0 Å². The Balaban J connectivity index is 2.54. The molecule has 0 unspecified atom stereocenters. The molecule has 25 heavy (non-hydrogen) atoms. The summed E-state index contributed by atoms with van der Waals surface area (Å²) >= 11 is 3.47. The Morgan fingerprint density at radius 2 is 1.92 bits per heavy atom. The molecule has 0 spiro atoms. The molecule has 0 atom stereocenters. The minimum atomic E-state index is -0.365. The lowest BCUT2D eigenvalue weighted by Gasteiger charge is -2.13. The van der Waals surface area contributed by atoms with Crippen LogP contribution in [0, 0.1) is 6.92 Å². The van der Waals surface area contributed by atoms with Crippen molar-refractivity contribution in [2.24, 2.45) is 5.73 Å². The van der Waals surface area contributed by atoms with E-state index in [1.807, 2.05) is 38.1 Å². The smallest absolute Gasteiger partial charge is 0.251 e. The summed E-state index contributed by atoms with van der Waals surface area (Å²) in [6, 6.07) is 8.07. The quantitative estimate of drug-likeness (QED) is 0.613. The van der Waals surface area contributed by atoms with E-state index in [0.717, 1.165) is 60.3 Å². The van der Waals surface area contributed by atoms with E-state index in [-0.39, 0.29) is 5.91 Å². The first-order valence-electron chi connectivity index (χ1n) is 8.86. The van der Waals surface area contributed by atoms with Crippen LogP contribution in [0.2, 0.25) is 0 Å². The number of hydrogen-bond acceptors (Lipinski definition) is 2. The van der Waals surface area contributed by atoms with Gasteiger partial charge in [0.1, 0.15) is 0 Å². The van der Waals surface area contributed by atoms with E-state index >= 15 is 0 Å². The number of halogens is 1. The minimum absolute atomic E-state index is 0.365. The molecule has 1 heterocycles. The van der Waals surface area contributed by atoms with Crippen LogP contribution in [0.1, 0.15) is 48.4 Å². The molecule has 0 aliphatic rings. The van der Waals surface area contributed by atoms with Crippen molar-refractivity contribution < 1.29 is 9.53 Å². The largest absolute Gasteiger partial charge is 0.382 e. The average Bonchev–Trinajstić information content (AvgIpc) is 2.85. The fourth-order valence-electron chi connectivity index (χ4n) is 3.30. The van der Waals surface area contributed by atoms with Gasteiger partial charge in [0.15, 0.2) is 0 Å². The average molecular weight is 407 g/mol. The summed E-state index contributed by atoms with van der Waals surface area (Å²) in [5, 5.41) is 0. The van der Waals surface area contributed by atoms with Crippen molar-refractivity contribution in [1.82, 2.24) is 4.57 Å². The summed E-state index contributed by atoms with van der Waals surface area (Å²) in [6.07, 6.45) is 2.84. The van der Waals surface area contributed by atoms with E-state index in [4.69, 9.17) is 10.5 Å². The van der Waals surface area contributed by atoms with E-state index in [1.165, 1.54) is 5.69 Å². The maximum Gasteiger partial charge on any atom is 0.251 e. The predicted octanol–water partition coefficient (Wildman–Crippen LogP) is 4.70. The van der Waals surface area contributed by atoms with Crippen LogP contribution in [0.25, 0.3) is 11.1 Å². The van der Waals surface area contributed by atoms with Crippen molar-refractivity contribution in [3.8, 4) is 11.1 Å². The first-order chi connectivity index (χ1) is 12.0. The van der Waals surface area contributed by atoms with Gasteiger partial charge in [-0.3, -0.25) is 4.79 Å². The van der Waals surface area contributed by atoms with Crippen LogP contribution in [-0.4, -0.2) is 23.7 Å². The number of aromatic nitrogens is 1. The summed E-state index contributed by atoms with van der Waals surface area (Å²) in [5.74, 6) is -0.365. The molecule has 0 saturated heterocycles. The van der Waals surface area contributed by atoms with E-state index < -0.39 is 0 Å². The summed E-state index contributed by atoms with van der Waals surface area (Å²) in [6.45, 7) is 8.42. The van der Waals surface area contributed by atoms with Gasteiger partial charge in [0.2, 0.25) is 0 Å². The Kier molecular flexibility index (Phi) is 7.26. The molecule has 1 aromatic heterocycles. The van der Waals surface area contributed by atoms with Crippen LogP contribution in [0.15, 0.2) is 28.7 Å². The Labute approximate surface area is 158 Å². The minimum Gasteiger partial charge on any atom is -0.382 e. The van der Waals surface area contributed by atoms with E-state index in [2.05, 4.69) is 27.4 Å². The molecule has 4 nitrogen and oxygen atoms in total. The first-order valence-corrected chi connectivity index (χ1v) is 9.65. The van der Waals surface area contributed by atoms with E-state index in [9.17, 15) is 4.79 Å². The molecular weight excluding hydrogens is 380 g/mol. The number of carbonyl (C=O) groups excluding carboxylic acids is 1. The number of hydrogen-bond donors (Lipinski definition) is 1. The summed E-state index contributed by atoms with van der Waals surface area (Å²) in [7, 11) is 0. The molecule has 2 aromatic rings. The molecule has 0 radical (unpaired) electrons. The molecule has 1 aromatic carbocycles. The van der Waals surface area contributed by atoms with Crippen LogP contribution >= 0.6 is 15.9 Å². The second-order valence-corrected chi connectivity index (χ2v) is 7.02. The maximum absolute atomic E-state index is 12.2. The summed E-state index contributed by atoms with van der Waals surface area (Å²) in [5.41, 5.74) is 10.5. The number of primary amides is 1. The molecule has 5 heteroatoms. The Morgan fingerprint density at radius 3 is 2.48 bits per heavy atom. The van der Waals surface area contributed by atoms with Gasteiger partial charge < -0.3 is 15.0 Å². The summed E-state index contributed by atoms with van der Waals surface area (Å²) in [4.78, 5) is 12.2. The van der Waals surface area contributed by atoms with Crippen LogP contribution in [-0.2, 0) is 17.7 Å². The van der Waals surface area contributed by atoms with Crippen LogP contribution < -0.4 is 5.73 Å². The van der Waals surface area contributed by atoms with Gasteiger partial charge in [-0.05, 0) is 44.4 Å². The lowest BCUT2D eigenvalue weighted by Crippen LogP contribution is -2.13. The number of nitrogens with two attached hydrogens (primary N) is 1. The van der Waals surface area contributed by atoms with Gasteiger partial charge in [0.25, 0.3) is 5.91 Å². The molecule has 1 amide bonds. The standard InChI is InChI=1S/C20H27BrN2O2/c1-4-7-17-19(15-8-10-16(21)11-9-15)18(20(22)24)14(3)23(17)12-6-13-25-5-2/h8-11H,4-7,12-13H2,1-3H3,(H2,22,24). The van der Waals surface area contributed by atoms with Crippen molar-refractivity contribution in [1.29, 1.82) is 0 Å². The van der Waals surface area contributed by atoms with Gasteiger partial charge in [-0.25, -0.2) is 0 Å². The Bertz CT molecular complexity index is 720. The van der Waals surface area contributed by atoms with Crippen molar-refractivity contribution in [2.75, 3.05) is 13.2 Å². The first kappa shape index (κ1) is 19.7. The number of ether oxygens (including phenoxy) is 1. The second-order valence-electron chi connectivity index (χ2n) is 6.11. The lowest BCUT2D eigenvalue weighted by atomic mass is 9.98. The zero-order chi connectivity index (χ0) is 18.4. The number of nitrogens with zero attached hydrogens (tertiary/aromatic N) is 1. The molecule has 2 N–H and O–H groups in total. The number of rotatable bonds is 9. The van der Waals surface area contributed by atoms with Gasteiger partial charge in [0, 0.05) is 41.2 Å². The maximum atomic E-state index is 12.2. The number of benzene rings is 1. The predicted molar refractivity (Wildman–Crippen MR) is 106 cm³/mol.